The number of halogens is 2. The number of nitrogens with zero attached hydrogens (tertiary/aromatic N) is 4. The number of rotatable bonds is 11. The number of likely N-dealkylation sites (tertiary alicyclic amines) is 2. The molecule has 262 valence electrons. The highest BCUT2D eigenvalue weighted by atomic mass is 35.5. The predicted octanol–water partition coefficient (Wildman–Crippen LogP) is 7.56. The van der Waals surface area contributed by atoms with Gasteiger partial charge in [0, 0.05) is 49.2 Å². The van der Waals surface area contributed by atoms with Crippen LogP contribution in [0.3, 0.4) is 0 Å². The average Bonchev–Trinajstić information content (AvgIpc) is 3.63. The van der Waals surface area contributed by atoms with Crippen molar-refractivity contribution in [2.75, 3.05) is 50.5 Å². The van der Waals surface area contributed by atoms with Crippen molar-refractivity contribution in [2.45, 2.75) is 46.0 Å². The van der Waals surface area contributed by atoms with Gasteiger partial charge in [-0.3, -0.25) is 9.59 Å². The first kappa shape index (κ1) is 35.1. The largest absolute Gasteiger partial charge is 0.490 e. The molecule has 1 aromatic heterocycles. The molecule has 4 aromatic rings. The first-order valence-electron chi connectivity index (χ1n) is 17.0. The van der Waals surface area contributed by atoms with E-state index in [2.05, 4.69) is 32.5 Å². The second-order valence-corrected chi connectivity index (χ2v) is 13.5. The fraction of sp³-hybridized carbons (Fsp3) is 0.368. The minimum absolute atomic E-state index is 0.0531. The van der Waals surface area contributed by atoms with Crippen LogP contribution in [0.15, 0.2) is 60.8 Å². The van der Waals surface area contributed by atoms with Gasteiger partial charge in [0.2, 0.25) is 17.7 Å². The zero-order valence-corrected chi connectivity index (χ0v) is 29.4. The van der Waals surface area contributed by atoms with Crippen molar-refractivity contribution in [2.24, 2.45) is 5.92 Å². The highest BCUT2D eigenvalue weighted by Crippen LogP contribution is 2.33. The average molecular weight is 701 g/mol. The van der Waals surface area contributed by atoms with Crippen molar-refractivity contribution >= 4 is 40.7 Å². The Bertz CT molecular complexity index is 1850. The Labute approximate surface area is 297 Å². The zero-order chi connectivity index (χ0) is 35.2. The van der Waals surface area contributed by atoms with Crippen LogP contribution < -0.4 is 20.1 Å². The summed E-state index contributed by atoms with van der Waals surface area (Å²) >= 11 is 6.64. The number of benzene rings is 3. The van der Waals surface area contributed by atoms with Gasteiger partial charge < -0.3 is 29.9 Å². The Kier molecular flexibility index (Phi) is 11.1. The number of nitrogens with one attached hydrogen (secondary N) is 2. The van der Waals surface area contributed by atoms with Crippen LogP contribution in [-0.2, 0) is 11.2 Å². The quantitative estimate of drug-likeness (QED) is 0.165. The fourth-order valence-corrected chi connectivity index (χ4v) is 6.63. The van der Waals surface area contributed by atoms with Crippen LogP contribution in [0.4, 0.5) is 21.7 Å². The van der Waals surface area contributed by atoms with Crippen LogP contribution >= 0.6 is 11.6 Å². The first-order valence-corrected chi connectivity index (χ1v) is 17.4. The SMILES string of the molecule is Cc1cccc(C)c1NC(=O)c1cnc(Nc2ccc(OCC3CCCN(C)C3)c(F)c2)nc1Oc1ccc(CC(=O)N2CCCC2)cc1Cl. The van der Waals surface area contributed by atoms with Gasteiger partial charge in [-0.1, -0.05) is 35.9 Å². The lowest BCUT2D eigenvalue weighted by molar-refractivity contribution is -0.129. The van der Waals surface area contributed by atoms with Crippen LogP contribution in [0.5, 0.6) is 17.4 Å². The summed E-state index contributed by atoms with van der Waals surface area (Å²) in [5.74, 6) is -0.167. The standard InChI is InChI=1S/C38H42ClFN6O4/c1-24-8-6-9-25(2)35(24)43-36(48)29-21-41-38(42-28-12-14-33(31(40)20-28)49-23-27-10-7-15-45(3)22-27)44-37(29)50-32-13-11-26(18-30(32)39)19-34(47)46-16-4-5-17-46/h6,8-9,11-14,18,20-21,27H,4-5,7,10,15-17,19,22-23H2,1-3H3,(H,43,48)(H,41,42,44). The molecular formula is C38H42ClFN6O4. The highest BCUT2D eigenvalue weighted by molar-refractivity contribution is 6.32. The predicted molar refractivity (Wildman–Crippen MR) is 192 cm³/mol. The summed E-state index contributed by atoms with van der Waals surface area (Å²) in [6.07, 6.45) is 5.76. The van der Waals surface area contributed by atoms with Gasteiger partial charge in [0.25, 0.3) is 5.91 Å². The van der Waals surface area contributed by atoms with E-state index in [9.17, 15) is 9.59 Å². The molecule has 50 heavy (non-hydrogen) atoms. The Balaban J connectivity index is 1.22. The Hall–Kier alpha value is -4.74. The van der Waals surface area contributed by atoms with Crippen LogP contribution in [0, 0.1) is 25.6 Å². The molecular weight excluding hydrogens is 659 g/mol. The first-order chi connectivity index (χ1) is 24.1. The van der Waals surface area contributed by atoms with Gasteiger partial charge in [0.05, 0.1) is 18.1 Å². The second-order valence-electron chi connectivity index (χ2n) is 13.1. The molecule has 1 atom stereocenters. The molecule has 0 radical (unpaired) electrons. The maximum absolute atomic E-state index is 15.1. The van der Waals surface area contributed by atoms with Gasteiger partial charge >= 0.3 is 0 Å². The maximum atomic E-state index is 15.1. The second kappa shape index (κ2) is 15.9. The monoisotopic (exact) mass is 700 g/mol. The molecule has 1 unspecified atom stereocenters. The lowest BCUT2D eigenvalue weighted by Crippen LogP contribution is -2.34. The van der Waals surface area contributed by atoms with Crippen molar-refractivity contribution < 1.29 is 23.5 Å². The Morgan fingerprint density at radius 2 is 1.76 bits per heavy atom. The van der Waals surface area contributed by atoms with Crippen molar-refractivity contribution in [3.05, 3.63) is 93.9 Å². The number of para-hydroxylation sites is 1. The number of anilines is 3. The molecule has 10 nitrogen and oxygen atoms in total. The Morgan fingerprint density at radius 1 is 1.00 bits per heavy atom. The summed E-state index contributed by atoms with van der Waals surface area (Å²) in [7, 11) is 2.08. The summed E-state index contributed by atoms with van der Waals surface area (Å²) in [5.41, 5.74) is 3.65. The molecule has 2 aliphatic rings. The van der Waals surface area contributed by atoms with E-state index in [-0.39, 0.29) is 46.2 Å². The minimum Gasteiger partial charge on any atom is -0.490 e. The number of hydrogen-bond acceptors (Lipinski definition) is 8. The molecule has 12 heteroatoms. The molecule has 2 N–H and O–H groups in total. The van der Waals surface area contributed by atoms with Crippen molar-refractivity contribution in [3.8, 4) is 17.4 Å². The molecule has 3 aromatic carbocycles. The number of amides is 2. The van der Waals surface area contributed by atoms with Crippen molar-refractivity contribution in [1.82, 2.24) is 19.8 Å². The maximum Gasteiger partial charge on any atom is 0.262 e. The normalized spacial score (nSPS) is 16.3. The van der Waals surface area contributed by atoms with Gasteiger partial charge in [0.15, 0.2) is 11.6 Å². The summed E-state index contributed by atoms with van der Waals surface area (Å²) in [4.78, 5) is 39.3. The molecule has 2 amide bonds. The number of piperidine rings is 1. The third kappa shape index (κ3) is 8.70. The third-order valence-electron chi connectivity index (χ3n) is 9.12. The molecule has 0 spiro atoms. The summed E-state index contributed by atoms with van der Waals surface area (Å²) in [6, 6.07) is 15.4. The molecule has 2 aliphatic heterocycles. The van der Waals surface area contributed by atoms with Crippen LogP contribution in [0.1, 0.15) is 52.7 Å². The molecule has 2 fully saturated rings. The number of carbonyl (C=O) groups excluding carboxylic acids is 2. The van der Waals surface area contributed by atoms with E-state index in [1.165, 1.54) is 12.3 Å². The van der Waals surface area contributed by atoms with Gasteiger partial charge in [0.1, 0.15) is 11.3 Å². The summed E-state index contributed by atoms with van der Waals surface area (Å²) in [5, 5.41) is 6.21. The molecule has 0 saturated carbocycles. The van der Waals surface area contributed by atoms with Crippen molar-refractivity contribution in [3.63, 3.8) is 0 Å². The molecule has 6 rings (SSSR count). The number of hydrogen-bond donors (Lipinski definition) is 2. The van der Waals surface area contributed by atoms with Gasteiger partial charge in [-0.05, 0) is 94.1 Å². The lowest BCUT2D eigenvalue weighted by Gasteiger charge is -2.29. The van der Waals surface area contributed by atoms with E-state index in [1.54, 1.807) is 30.3 Å². The number of aromatic nitrogens is 2. The van der Waals surface area contributed by atoms with Gasteiger partial charge in [-0.15, -0.1) is 0 Å². The summed E-state index contributed by atoms with van der Waals surface area (Å²) in [6.45, 7) is 7.80. The number of carbonyl (C=O) groups is 2. The van der Waals surface area contributed by atoms with Crippen molar-refractivity contribution in [1.29, 1.82) is 0 Å². The van der Waals surface area contributed by atoms with E-state index in [4.69, 9.17) is 21.1 Å². The molecule has 0 bridgehead atoms. The Morgan fingerprint density at radius 3 is 2.48 bits per heavy atom. The number of ether oxygens (including phenoxy) is 2. The van der Waals surface area contributed by atoms with Crippen LogP contribution in [0.2, 0.25) is 5.02 Å². The molecule has 2 saturated heterocycles. The fourth-order valence-electron chi connectivity index (χ4n) is 6.39. The van der Waals surface area contributed by atoms with E-state index >= 15 is 4.39 Å². The van der Waals surface area contributed by atoms with E-state index in [0.29, 0.717) is 23.9 Å². The minimum atomic E-state index is -0.518. The van der Waals surface area contributed by atoms with E-state index < -0.39 is 11.7 Å². The zero-order valence-electron chi connectivity index (χ0n) is 28.6. The van der Waals surface area contributed by atoms with Gasteiger partial charge in [-0.2, -0.15) is 4.98 Å². The van der Waals surface area contributed by atoms with E-state index in [0.717, 1.165) is 68.6 Å². The smallest absolute Gasteiger partial charge is 0.262 e. The topological polar surface area (TPSA) is 109 Å². The third-order valence-corrected chi connectivity index (χ3v) is 9.42. The van der Waals surface area contributed by atoms with Crippen LogP contribution in [0.25, 0.3) is 0 Å². The molecule has 3 heterocycles. The highest BCUT2D eigenvalue weighted by Gasteiger charge is 2.22. The van der Waals surface area contributed by atoms with Gasteiger partial charge in [-0.25, -0.2) is 9.37 Å². The van der Waals surface area contributed by atoms with E-state index in [1.807, 2.05) is 36.9 Å². The number of aryl methyl sites for hydroxylation is 2. The molecule has 0 aliphatic carbocycles. The summed E-state index contributed by atoms with van der Waals surface area (Å²) < 4.78 is 27.1. The lowest BCUT2D eigenvalue weighted by atomic mass is 10.00. The van der Waals surface area contributed by atoms with Crippen LogP contribution in [-0.4, -0.2) is 71.4 Å².